The van der Waals surface area contributed by atoms with E-state index in [2.05, 4.69) is 19.7 Å². The van der Waals surface area contributed by atoms with Crippen LogP contribution in [0.25, 0.3) is 0 Å². The second kappa shape index (κ2) is 10.8. The van der Waals surface area contributed by atoms with Crippen molar-refractivity contribution in [2.24, 2.45) is 0 Å². The molecular formula is C25H27F4N5O3S. The Hall–Kier alpha value is -3.32. The molecule has 0 unspecified atom stereocenters. The molecule has 1 fully saturated rings. The van der Waals surface area contributed by atoms with Gasteiger partial charge in [-0.3, -0.25) is 4.72 Å². The van der Waals surface area contributed by atoms with Crippen molar-refractivity contribution in [1.29, 1.82) is 0 Å². The third-order valence-electron chi connectivity index (χ3n) is 6.58. The fourth-order valence-corrected chi connectivity index (χ4v) is 5.88. The van der Waals surface area contributed by atoms with Crippen LogP contribution in [0.2, 0.25) is 0 Å². The van der Waals surface area contributed by atoms with E-state index in [1.165, 1.54) is 37.6 Å². The predicted molar refractivity (Wildman–Crippen MR) is 132 cm³/mol. The highest BCUT2D eigenvalue weighted by Gasteiger charge is 2.37. The lowest BCUT2D eigenvalue weighted by atomic mass is 9.78. The summed E-state index contributed by atoms with van der Waals surface area (Å²) in [5, 5.41) is 0. The molecule has 0 saturated heterocycles. The van der Waals surface area contributed by atoms with Crippen molar-refractivity contribution >= 4 is 15.8 Å². The van der Waals surface area contributed by atoms with E-state index in [0.29, 0.717) is 19.3 Å². The lowest BCUT2D eigenvalue weighted by Gasteiger charge is -2.39. The van der Waals surface area contributed by atoms with Crippen LogP contribution in [0, 0.1) is 12.7 Å². The smallest absolute Gasteiger partial charge is 0.416 e. The van der Waals surface area contributed by atoms with Gasteiger partial charge in [-0.1, -0.05) is 0 Å². The maximum absolute atomic E-state index is 14.5. The number of ether oxygens (including phenoxy) is 1. The van der Waals surface area contributed by atoms with Crippen LogP contribution in [0.15, 0.2) is 53.8 Å². The van der Waals surface area contributed by atoms with Crippen LogP contribution in [0.4, 0.5) is 23.4 Å². The van der Waals surface area contributed by atoms with Gasteiger partial charge in [0.2, 0.25) is 5.88 Å². The van der Waals surface area contributed by atoms with E-state index >= 15 is 0 Å². The highest BCUT2D eigenvalue weighted by Crippen LogP contribution is 2.40. The lowest BCUT2D eigenvalue weighted by molar-refractivity contribution is -0.137. The predicted octanol–water partition coefficient (Wildman–Crippen LogP) is 4.78. The molecule has 1 saturated carbocycles. The molecule has 38 heavy (non-hydrogen) atoms. The van der Waals surface area contributed by atoms with Gasteiger partial charge >= 0.3 is 6.18 Å². The van der Waals surface area contributed by atoms with Gasteiger partial charge in [0.25, 0.3) is 10.0 Å². The topological polar surface area (TPSA) is 97.3 Å². The third-order valence-corrected chi connectivity index (χ3v) is 8.06. The summed E-state index contributed by atoms with van der Waals surface area (Å²) >= 11 is 0. The molecule has 1 aliphatic rings. The van der Waals surface area contributed by atoms with Crippen LogP contribution in [0.1, 0.15) is 42.0 Å². The molecule has 3 aromatic rings. The molecule has 1 aromatic carbocycles. The standard InChI is InChI=1S/C25H27F4N5O3S/c1-15-22(38(35,36)33-23-10-11-30-14-31-23)8-9-24(32-15)37-21-7-4-16(12-20(21)34(2)3)18-13-17(25(27,28)29)5-6-19(18)26/h5-6,8-11,13-14,16,20-21H,4,7,12H2,1-3H3,(H,30,31,33)/t16-,20-,21-/m0/s1. The van der Waals surface area contributed by atoms with Crippen molar-refractivity contribution in [3.63, 3.8) is 0 Å². The van der Waals surface area contributed by atoms with Gasteiger partial charge in [-0.25, -0.2) is 27.8 Å². The first-order valence-electron chi connectivity index (χ1n) is 11.8. The van der Waals surface area contributed by atoms with E-state index in [1.54, 1.807) is 0 Å². The molecule has 1 N–H and O–H groups in total. The van der Waals surface area contributed by atoms with Gasteiger partial charge in [0.05, 0.1) is 11.3 Å². The van der Waals surface area contributed by atoms with Crippen molar-refractivity contribution in [3.8, 4) is 5.88 Å². The zero-order valence-corrected chi connectivity index (χ0v) is 21.7. The SMILES string of the molecule is Cc1nc(O[C@H]2CC[C@H](c3cc(C(F)(F)F)ccc3F)C[C@@H]2N(C)C)ccc1S(=O)(=O)Nc1ccncn1. The Bertz CT molecular complexity index is 1390. The second-order valence-electron chi connectivity index (χ2n) is 9.36. The van der Waals surface area contributed by atoms with Crippen LogP contribution < -0.4 is 9.46 Å². The number of hydrogen-bond donors (Lipinski definition) is 1. The summed E-state index contributed by atoms with van der Waals surface area (Å²) < 4.78 is 88.3. The number of sulfonamides is 1. The summed E-state index contributed by atoms with van der Waals surface area (Å²) in [6.45, 7) is 1.54. The van der Waals surface area contributed by atoms with Crippen molar-refractivity contribution in [2.75, 3.05) is 18.8 Å². The number of rotatable bonds is 7. The average molecular weight is 554 g/mol. The molecule has 0 amide bonds. The van der Waals surface area contributed by atoms with Crippen LogP contribution >= 0.6 is 0 Å². The molecule has 13 heteroatoms. The number of hydrogen-bond acceptors (Lipinski definition) is 7. The van der Waals surface area contributed by atoms with E-state index in [9.17, 15) is 26.0 Å². The average Bonchev–Trinajstić information content (AvgIpc) is 2.84. The molecule has 0 spiro atoms. The van der Waals surface area contributed by atoms with E-state index in [-0.39, 0.29) is 40.0 Å². The number of alkyl halides is 3. The fraction of sp³-hybridized carbons (Fsp3) is 0.400. The van der Waals surface area contributed by atoms with Gasteiger partial charge in [-0.2, -0.15) is 13.2 Å². The monoisotopic (exact) mass is 553 g/mol. The van der Waals surface area contributed by atoms with Crippen LogP contribution in [-0.4, -0.2) is 54.5 Å². The Morgan fingerprint density at radius 3 is 2.50 bits per heavy atom. The third kappa shape index (κ3) is 6.21. The minimum atomic E-state index is -4.56. The van der Waals surface area contributed by atoms with Crippen LogP contribution in [0.5, 0.6) is 5.88 Å². The van der Waals surface area contributed by atoms with Crippen LogP contribution in [-0.2, 0) is 16.2 Å². The summed E-state index contributed by atoms with van der Waals surface area (Å²) in [6.07, 6.45) is -1.08. The molecule has 2 heterocycles. The van der Waals surface area contributed by atoms with Gasteiger partial charge in [-0.05, 0) is 82.1 Å². The van der Waals surface area contributed by atoms with E-state index in [1.807, 2.05) is 19.0 Å². The highest BCUT2D eigenvalue weighted by atomic mass is 32.2. The Kier molecular flexibility index (Phi) is 7.88. The fourth-order valence-electron chi connectivity index (χ4n) is 4.69. The summed E-state index contributed by atoms with van der Waals surface area (Å²) in [5.41, 5.74) is -0.618. The van der Waals surface area contributed by atoms with E-state index in [0.717, 1.165) is 18.2 Å². The number of likely N-dealkylation sites (N-methyl/N-ethyl adjacent to an activating group) is 1. The summed E-state index contributed by atoms with van der Waals surface area (Å²) in [5.74, 6) is -0.754. The molecule has 4 rings (SSSR count). The molecule has 1 aliphatic carbocycles. The van der Waals surface area contributed by atoms with Gasteiger partial charge < -0.3 is 9.64 Å². The molecule has 3 atom stereocenters. The lowest BCUT2D eigenvalue weighted by Crippen LogP contribution is -2.46. The van der Waals surface area contributed by atoms with Gasteiger partial charge in [-0.15, -0.1) is 0 Å². The minimum Gasteiger partial charge on any atom is -0.473 e. The van der Waals surface area contributed by atoms with Crippen molar-refractivity contribution < 1.29 is 30.7 Å². The highest BCUT2D eigenvalue weighted by molar-refractivity contribution is 7.92. The first-order chi connectivity index (χ1) is 17.8. The zero-order valence-electron chi connectivity index (χ0n) is 20.9. The maximum Gasteiger partial charge on any atom is 0.416 e. The van der Waals surface area contributed by atoms with Gasteiger partial charge in [0, 0.05) is 18.3 Å². The largest absolute Gasteiger partial charge is 0.473 e. The van der Waals surface area contributed by atoms with Gasteiger partial charge in [0.15, 0.2) is 0 Å². The first-order valence-corrected chi connectivity index (χ1v) is 13.3. The molecule has 0 bridgehead atoms. The number of nitrogens with one attached hydrogen (secondary N) is 1. The second-order valence-corrected chi connectivity index (χ2v) is 11.0. The molecule has 0 radical (unpaired) electrons. The Morgan fingerprint density at radius 1 is 1.11 bits per heavy atom. The number of pyridine rings is 1. The normalized spacial score (nSPS) is 20.4. The van der Waals surface area contributed by atoms with Crippen molar-refractivity contribution in [1.82, 2.24) is 19.9 Å². The molecule has 8 nitrogen and oxygen atoms in total. The van der Waals surface area contributed by atoms with Crippen molar-refractivity contribution in [2.45, 2.75) is 55.3 Å². The van der Waals surface area contributed by atoms with Gasteiger partial charge in [0.1, 0.15) is 29.0 Å². The minimum absolute atomic E-state index is 0.0450. The molecular weight excluding hydrogens is 526 g/mol. The van der Waals surface area contributed by atoms with Crippen LogP contribution in [0.3, 0.4) is 0 Å². The number of benzene rings is 1. The summed E-state index contributed by atoms with van der Waals surface area (Å²) in [7, 11) is -0.319. The van der Waals surface area contributed by atoms with E-state index < -0.39 is 33.5 Å². The Balaban J connectivity index is 1.50. The Morgan fingerprint density at radius 2 is 1.87 bits per heavy atom. The summed E-state index contributed by atoms with van der Waals surface area (Å²) in [6, 6.07) is 6.52. The number of aromatic nitrogens is 3. The quantitative estimate of drug-likeness (QED) is 0.421. The zero-order chi connectivity index (χ0) is 27.7. The first kappa shape index (κ1) is 27.7. The number of halogens is 4. The Labute approximate surface area is 218 Å². The number of anilines is 1. The summed E-state index contributed by atoms with van der Waals surface area (Å²) in [4.78, 5) is 13.8. The molecule has 2 aromatic heterocycles. The number of nitrogens with zero attached hydrogens (tertiary/aromatic N) is 4. The molecule has 0 aliphatic heterocycles. The number of aryl methyl sites for hydroxylation is 1. The van der Waals surface area contributed by atoms with Crippen molar-refractivity contribution in [3.05, 3.63) is 71.6 Å². The molecule has 204 valence electrons. The van der Waals surface area contributed by atoms with E-state index in [4.69, 9.17) is 4.74 Å². The maximum atomic E-state index is 14.5.